The second-order valence-corrected chi connectivity index (χ2v) is 3.90. The molecule has 2 heterocycles. The topological polar surface area (TPSA) is 91.3 Å². The SMILES string of the molecule is O=C1CCC(Nc2cccc(C(=O)O)n2)CN1. The Hall–Kier alpha value is -2.11. The van der Waals surface area contributed by atoms with Crippen LogP contribution < -0.4 is 10.6 Å². The van der Waals surface area contributed by atoms with Gasteiger partial charge in [-0.3, -0.25) is 4.79 Å². The van der Waals surface area contributed by atoms with Gasteiger partial charge in [-0.1, -0.05) is 6.07 Å². The lowest BCUT2D eigenvalue weighted by Gasteiger charge is -2.23. The van der Waals surface area contributed by atoms with Crippen LogP contribution in [0.1, 0.15) is 23.3 Å². The van der Waals surface area contributed by atoms with Gasteiger partial charge in [0.15, 0.2) is 5.69 Å². The Morgan fingerprint density at radius 3 is 3.00 bits per heavy atom. The molecule has 6 heteroatoms. The zero-order valence-electron chi connectivity index (χ0n) is 9.14. The molecule has 0 bridgehead atoms. The Morgan fingerprint density at radius 2 is 2.35 bits per heavy atom. The first-order valence-corrected chi connectivity index (χ1v) is 5.39. The lowest BCUT2D eigenvalue weighted by Crippen LogP contribution is -2.42. The van der Waals surface area contributed by atoms with Crippen LogP contribution in [0.25, 0.3) is 0 Å². The van der Waals surface area contributed by atoms with E-state index in [1.807, 2.05) is 0 Å². The Labute approximate surface area is 98.1 Å². The molecule has 0 saturated carbocycles. The molecule has 1 aliphatic heterocycles. The van der Waals surface area contributed by atoms with Gasteiger partial charge in [0.05, 0.1) is 0 Å². The van der Waals surface area contributed by atoms with Crippen molar-refractivity contribution in [1.29, 1.82) is 0 Å². The molecule has 1 aliphatic rings. The van der Waals surface area contributed by atoms with Gasteiger partial charge in [-0.15, -0.1) is 0 Å². The van der Waals surface area contributed by atoms with E-state index in [-0.39, 0.29) is 17.6 Å². The van der Waals surface area contributed by atoms with Gasteiger partial charge in [0.25, 0.3) is 0 Å². The van der Waals surface area contributed by atoms with Gasteiger partial charge in [-0.25, -0.2) is 9.78 Å². The minimum absolute atomic E-state index is 0.00912. The van der Waals surface area contributed by atoms with E-state index >= 15 is 0 Å². The summed E-state index contributed by atoms with van der Waals surface area (Å²) in [6.07, 6.45) is 1.21. The van der Waals surface area contributed by atoms with Crippen LogP contribution in [-0.2, 0) is 4.79 Å². The number of hydrogen-bond acceptors (Lipinski definition) is 4. The van der Waals surface area contributed by atoms with Crippen molar-refractivity contribution < 1.29 is 14.7 Å². The quantitative estimate of drug-likeness (QED) is 0.708. The van der Waals surface area contributed by atoms with Crippen LogP contribution in [0.15, 0.2) is 18.2 Å². The largest absolute Gasteiger partial charge is 0.477 e. The van der Waals surface area contributed by atoms with Gasteiger partial charge < -0.3 is 15.7 Å². The smallest absolute Gasteiger partial charge is 0.354 e. The van der Waals surface area contributed by atoms with E-state index in [2.05, 4.69) is 15.6 Å². The van der Waals surface area contributed by atoms with Gasteiger partial charge in [0.1, 0.15) is 5.82 Å². The molecule has 6 nitrogen and oxygen atoms in total. The number of carboxylic acid groups (broad SMARTS) is 1. The summed E-state index contributed by atoms with van der Waals surface area (Å²) in [6, 6.07) is 4.89. The molecule has 0 spiro atoms. The predicted octanol–water partition coefficient (Wildman–Crippen LogP) is 0.470. The number of piperidine rings is 1. The molecule has 1 saturated heterocycles. The summed E-state index contributed by atoms with van der Waals surface area (Å²) in [4.78, 5) is 25.7. The summed E-state index contributed by atoms with van der Waals surface area (Å²) >= 11 is 0. The van der Waals surface area contributed by atoms with Crippen molar-refractivity contribution in [3.63, 3.8) is 0 Å². The Bertz CT molecular complexity index is 437. The van der Waals surface area contributed by atoms with Crippen molar-refractivity contribution in [2.45, 2.75) is 18.9 Å². The number of anilines is 1. The first-order valence-electron chi connectivity index (χ1n) is 5.39. The minimum Gasteiger partial charge on any atom is -0.477 e. The van der Waals surface area contributed by atoms with E-state index in [0.717, 1.165) is 6.42 Å². The zero-order chi connectivity index (χ0) is 12.3. The number of nitrogens with zero attached hydrogens (tertiary/aromatic N) is 1. The summed E-state index contributed by atoms with van der Waals surface area (Å²) in [6.45, 7) is 0.539. The van der Waals surface area contributed by atoms with Gasteiger partial charge >= 0.3 is 5.97 Å². The number of rotatable bonds is 3. The second-order valence-electron chi connectivity index (χ2n) is 3.90. The Balaban J connectivity index is 2.01. The van der Waals surface area contributed by atoms with Crippen LogP contribution in [-0.4, -0.2) is 34.6 Å². The minimum atomic E-state index is -1.05. The maximum atomic E-state index is 11.0. The van der Waals surface area contributed by atoms with E-state index in [1.54, 1.807) is 12.1 Å². The summed E-state index contributed by atoms with van der Waals surface area (Å²) in [5.41, 5.74) is 0.00912. The maximum Gasteiger partial charge on any atom is 0.354 e. The highest BCUT2D eigenvalue weighted by Gasteiger charge is 2.18. The summed E-state index contributed by atoms with van der Waals surface area (Å²) in [5, 5.41) is 14.7. The monoisotopic (exact) mass is 235 g/mol. The zero-order valence-corrected chi connectivity index (χ0v) is 9.14. The van der Waals surface area contributed by atoms with Crippen LogP contribution in [0.5, 0.6) is 0 Å². The molecule has 0 aromatic carbocycles. The molecule has 0 radical (unpaired) electrons. The lowest BCUT2D eigenvalue weighted by molar-refractivity contribution is -0.122. The fraction of sp³-hybridized carbons (Fsp3) is 0.364. The molecule has 1 aromatic rings. The third-order valence-electron chi connectivity index (χ3n) is 2.59. The molecule has 1 unspecified atom stereocenters. The predicted molar refractivity (Wildman–Crippen MR) is 60.9 cm³/mol. The number of carbonyl (C=O) groups is 2. The average Bonchev–Trinajstić information content (AvgIpc) is 2.32. The lowest BCUT2D eigenvalue weighted by atomic mass is 10.1. The van der Waals surface area contributed by atoms with Gasteiger partial charge in [-0.05, 0) is 18.6 Å². The Kier molecular flexibility index (Phi) is 3.22. The van der Waals surface area contributed by atoms with E-state index in [9.17, 15) is 9.59 Å². The highest BCUT2D eigenvalue weighted by atomic mass is 16.4. The normalized spacial score (nSPS) is 19.5. The van der Waals surface area contributed by atoms with E-state index < -0.39 is 5.97 Å². The molecule has 17 heavy (non-hydrogen) atoms. The molecular formula is C11H13N3O3. The number of carboxylic acids is 1. The van der Waals surface area contributed by atoms with Crippen LogP contribution in [0.2, 0.25) is 0 Å². The van der Waals surface area contributed by atoms with E-state index in [4.69, 9.17) is 5.11 Å². The van der Waals surface area contributed by atoms with Crippen LogP contribution >= 0.6 is 0 Å². The molecule has 1 fully saturated rings. The van der Waals surface area contributed by atoms with Crippen molar-refractivity contribution in [2.75, 3.05) is 11.9 Å². The molecule has 1 amide bonds. The van der Waals surface area contributed by atoms with Crippen molar-refractivity contribution in [3.05, 3.63) is 23.9 Å². The summed E-state index contributed by atoms with van der Waals surface area (Å²) in [5.74, 6) is -0.480. The fourth-order valence-corrected chi connectivity index (χ4v) is 1.70. The number of pyridine rings is 1. The number of carbonyl (C=O) groups excluding carboxylic acids is 1. The van der Waals surface area contributed by atoms with Crippen molar-refractivity contribution in [2.24, 2.45) is 0 Å². The molecule has 3 N–H and O–H groups in total. The highest BCUT2D eigenvalue weighted by Crippen LogP contribution is 2.11. The summed E-state index contributed by atoms with van der Waals surface area (Å²) < 4.78 is 0. The standard InChI is InChI=1S/C11H13N3O3/c15-10-5-4-7(6-12-10)13-9-3-1-2-8(14-9)11(16)17/h1-3,7H,4-6H2,(H,12,15)(H,13,14)(H,16,17). The first-order chi connectivity index (χ1) is 8.15. The van der Waals surface area contributed by atoms with Gasteiger partial charge in [-0.2, -0.15) is 0 Å². The first kappa shape index (κ1) is 11.4. The molecule has 1 aromatic heterocycles. The maximum absolute atomic E-state index is 11.0. The molecule has 90 valence electrons. The number of nitrogens with one attached hydrogen (secondary N) is 2. The third-order valence-corrected chi connectivity index (χ3v) is 2.59. The highest BCUT2D eigenvalue weighted by molar-refractivity contribution is 5.85. The number of aromatic carboxylic acids is 1. The van der Waals surface area contributed by atoms with Gasteiger partial charge in [0, 0.05) is 19.0 Å². The third kappa shape index (κ3) is 2.93. The molecule has 1 atom stereocenters. The van der Waals surface area contributed by atoms with Crippen molar-refractivity contribution in [1.82, 2.24) is 10.3 Å². The number of hydrogen-bond donors (Lipinski definition) is 3. The average molecular weight is 235 g/mol. The molecular weight excluding hydrogens is 222 g/mol. The number of aromatic nitrogens is 1. The molecule has 0 aliphatic carbocycles. The number of amides is 1. The van der Waals surface area contributed by atoms with E-state index in [0.29, 0.717) is 18.8 Å². The van der Waals surface area contributed by atoms with Crippen molar-refractivity contribution >= 4 is 17.7 Å². The van der Waals surface area contributed by atoms with E-state index in [1.165, 1.54) is 6.07 Å². The van der Waals surface area contributed by atoms with Crippen LogP contribution in [0, 0.1) is 0 Å². The van der Waals surface area contributed by atoms with Gasteiger partial charge in [0.2, 0.25) is 5.91 Å². The van der Waals surface area contributed by atoms with Crippen LogP contribution in [0.4, 0.5) is 5.82 Å². The van der Waals surface area contributed by atoms with Crippen molar-refractivity contribution in [3.8, 4) is 0 Å². The van der Waals surface area contributed by atoms with Crippen LogP contribution in [0.3, 0.4) is 0 Å². The fourth-order valence-electron chi connectivity index (χ4n) is 1.70. The second kappa shape index (κ2) is 4.82. The Morgan fingerprint density at radius 1 is 1.53 bits per heavy atom. The molecule has 2 rings (SSSR count). The summed E-state index contributed by atoms with van der Waals surface area (Å²) in [7, 11) is 0.